The predicted octanol–water partition coefficient (Wildman–Crippen LogP) is 3.17. The normalized spacial score (nSPS) is 17.3. The topological polar surface area (TPSA) is 36.3 Å². The van der Waals surface area contributed by atoms with Crippen LogP contribution in [0.5, 0.6) is 5.75 Å². The zero-order valence-corrected chi connectivity index (χ0v) is 11.4. The standard InChI is InChI=1S/C14H18N2O.ClH/c1-17-13-7-5-12(6-8-13)14(11-15)16-9-3-2-4-10-16;/h5-8,14H,2-4,9-10H2,1H3;1H. The lowest BCUT2D eigenvalue weighted by atomic mass is 10.0. The Labute approximate surface area is 115 Å². The lowest BCUT2D eigenvalue weighted by molar-refractivity contribution is 0.196. The van der Waals surface area contributed by atoms with Crippen molar-refractivity contribution in [3.05, 3.63) is 29.8 Å². The molecule has 1 saturated heterocycles. The highest BCUT2D eigenvalue weighted by Gasteiger charge is 2.21. The van der Waals surface area contributed by atoms with Gasteiger partial charge >= 0.3 is 0 Å². The molecule has 1 heterocycles. The van der Waals surface area contributed by atoms with Gasteiger partial charge in [-0.15, -0.1) is 12.4 Å². The molecular formula is C14H19ClN2O. The summed E-state index contributed by atoms with van der Waals surface area (Å²) < 4.78 is 5.13. The third-order valence-electron chi connectivity index (χ3n) is 3.31. The minimum Gasteiger partial charge on any atom is -0.497 e. The van der Waals surface area contributed by atoms with Crippen LogP contribution in [0.3, 0.4) is 0 Å². The van der Waals surface area contributed by atoms with E-state index in [-0.39, 0.29) is 18.4 Å². The molecule has 0 N–H and O–H groups in total. The summed E-state index contributed by atoms with van der Waals surface area (Å²) in [5, 5.41) is 9.34. The third-order valence-corrected chi connectivity index (χ3v) is 3.31. The van der Waals surface area contributed by atoms with Crippen LogP contribution in [-0.4, -0.2) is 25.1 Å². The van der Waals surface area contributed by atoms with Gasteiger partial charge in [0.2, 0.25) is 0 Å². The van der Waals surface area contributed by atoms with Gasteiger partial charge in [0.25, 0.3) is 0 Å². The van der Waals surface area contributed by atoms with E-state index in [4.69, 9.17) is 4.74 Å². The number of ether oxygens (including phenoxy) is 1. The summed E-state index contributed by atoms with van der Waals surface area (Å²) in [6, 6.07) is 10.1. The Hall–Kier alpha value is -1.24. The molecule has 4 heteroatoms. The molecule has 1 aliphatic heterocycles. The summed E-state index contributed by atoms with van der Waals surface area (Å²) in [6.07, 6.45) is 3.69. The molecule has 0 spiro atoms. The summed E-state index contributed by atoms with van der Waals surface area (Å²) in [4.78, 5) is 2.27. The Morgan fingerprint density at radius 3 is 2.28 bits per heavy atom. The van der Waals surface area contributed by atoms with E-state index in [1.54, 1.807) is 7.11 Å². The van der Waals surface area contributed by atoms with Crippen molar-refractivity contribution in [3.8, 4) is 11.8 Å². The van der Waals surface area contributed by atoms with E-state index in [9.17, 15) is 5.26 Å². The molecule has 0 aliphatic carbocycles. The molecule has 3 nitrogen and oxygen atoms in total. The zero-order chi connectivity index (χ0) is 12.1. The summed E-state index contributed by atoms with van der Waals surface area (Å²) in [7, 11) is 1.65. The fourth-order valence-corrected chi connectivity index (χ4v) is 2.33. The first-order valence-electron chi connectivity index (χ1n) is 6.13. The first-order chi connectivity index (χ1) is 8.35. The van der Waals surface area contributed by atoms with Gasteiger partial charge in [-0.05, 0) is 43.6 Å². The second kappa shape index (κ2) is 7.25. The van der Waals surface area contributed by atoms with E-state index in [0.717, 1.165) is 24.4 Å². The van der Waals surface area contributed by atoms with Gasteiger partial charge in [-0.25, -0.2) is 0 Å². The minimum absolute atomic E-state index is 0. The van der Waals surface area contributed by atoms with E-state index in [1.807, 2.05) is 24.3 Å². The van der Waals surface area contributed by atoms with Crippen LogP contribution in [-0.2, 0) is 0 Å². The lowest BCUT2D eigenvalue weighted by Crippen LogP contribution is -2.33. The van der Waals surface area contributed by atoms with Crippen LogP contribution >= 0.6 is 12.4 Å². The average Bonchev–Trinajstić information content (AvgIpc) is 2.42. The van der Waals surface area contributed by atoms with Gasteiger partial charge in [0.15, 0.2) is 0 Å². The van der Waals surface area contributed by atoms with Gasteiger partial charge < -0.3 is 4.74 Å². The molecule has 18 heavy (non-hydrogen) atoms. The van der Waals surface area contributed by atoms with Crippen molar-refractivity contribution >= 4 is 12.4 Å². The maximum Gasteiger partial charge on any atom is 0.123 e. The van der Waals surface area contributed by atoms with Crippen molar-refractivity contribution < 1.29 is 4.74 Å². The highest BCUT2D eigenvalue weighted by molar-refractivity contribution is 5.85. The van der Waals surface area contributed by atoms with E-state index < -0.39 is 0 Å². The smallest absolute Gasteiger partial charge is 0.123 e. The quantitative estimate of drug-likeness (QED) is 0.843. The Morgan fingerprint density at radius 2 is 1.78 bits per heavy atom. The van der Waals surface area contributed by atoms with Gasteiger partial charge in [-0.2, -0.15) is 5.26 Å². The molecule has 1 atom stereocenters. The molecule has 0 bridgehead atoms. The van der Waals surface area contributed by atoms with Gasteiger partial charge in [0, 0.05) is 0 Å². The Morgan fingerprint density at radius 1 is 1.17 bits per heavy atom. The van der Waals surface area contributed by atoms with Crippen LogP contribution in [0, 0.1) is 11.3 Å². The maximum absolute atomic E-state index is 9.34. The number of rotatable bonds is 3. The van der Waals surface area contributed by atoms with E-state index in [2.05, 4.69) is 11.0 Å². The van der Waals surface area contributed by atoms with Crippen LogP contribution in [0.25, 0.3) is 0 Å². The second-order valence-corrected chi connectivity index (χ2v) is 4.40. The van der Waals surface area contributed by atoms with Crippen LogP contribution in [0.2, 0.25) is 0 Å². The number of halogens is 1. The molecule has 1 aromatic carbocycles. The fourth-order valence-electron chi connectivity index (χ4n) is 2.33. The Balaban J connectivity index is 0.00000162. The molecule has 0 amide bonds. The molecule has 0 radical (unpaired) electrons. The largest absolute Gasteiger partial charge is 0.497 e. The number of piperidine rings is 1. The monoisotopic (exact) mass is 266 g/mol. The summed E-state index contributed by atoms with van der Waals surface area (Å²) >= 11 is 0. The third kappa shape index (κ3) is 3.38. The molecule has 0 aromatic heterocycles. The predicted molar refractivity (Wildman–Crippen MR) is 74.0 cm³/mol. The van der Waals surface area contributed by atoms with Crippen molar-refractivity contribution in [2.45, 2.75) is 25.3 Å². The highest BCUT2D eigenvalue weighted by atomic mass is 35.5. The van der Waals surface area contributed by atoms with Gasteiger partial charge in [0.1, 0.15) is 11.8 Å². The summed E-state index contributed by atoms with van der Waals surface area (Å²) in [5.41, 5.74) is 1.07. The molecule has 98 valence electrons. The number of benzene rings is 1. The molecule has 0 saturated carbocycles. The van der Waals surface area contributed by atoms with Crippen molar-refractivity contribution in [3.63, 3.8) is 0 Å². The lowest BCUT2D eigenvalue weighted by Gasteiger charge is -2.30. The Bertz CT molecular complexity index is 393. The number of hydrogen-bond acceptors (Lipinski definition) is 3. The number of nitrogens with zero attached hydrogens (tertiary/aromatic N) is 2. The first kappa shape index (κ1) is 14.8. The number of hydrogen-bond donors (Lipinski definition) is 0. The van der Waals surface area contributed by atoms with Gasteiger partial charge in [-0.1, -0.05) is 18.6 Å². The average molecular weight is 267 g/mol. The van der Waals surface area contributed by atoms with Crippen molar-refractivity contribution in [2.24, 2.45) is 0 Å². The molecule has 1 aliphatic rings. The van der Waals surface area contributed by atoms with Crippen LogP contribution in [0.15, 0.2) is 24.3 Å². The number of nitriles is 1. The minimum atomic E-state index is -0.110. The molecule has 2 rings (SSSR count). The number of likely N-dealkylation sites (tertiary alicyclic amines) is 1. The van der Waals surface area contributed by atoms with E-state index in [1.165, 1.54) is 19.3 Å². The molecule has 1 unspecified atom stereocenters. The summed E-state index contributed by atoms with van der Waals surface area (Å²) in [5.74, 6) is 0.837. The maximum atomic E-state index is 9.34. The van der Waals surface area contributed by atoms with Crippen LogP contribution < -0.4 is 4.74 Å². The van der Waals surface area contributed by atoms with Crippen LogP contribution in [0.4, 0.5) is 0 Å². The SMILES string of the molecule is COc1ccc(C(C#N)N2CCCCC2)cc1.Cl. The Kier molecular flexibility index (Phi) is 5.97. The van der Waals surface area contributed by atoms with Gasteiger partial charge in [-0.3, -0.25) is 4.90 Å². The van der Waals surface area contributed by atoms with Crippen molar-refractivity contribution in [1.29, 1.82) is 5.26 Å². The van der Waals surface area contributed by atoms with Crippen molar-refractivity contribution in [2.75, 3.05) is 20.2 Å². The van der Waals surface area contributed by atoms with Crippen molar-refractivity contribution in [1.82, 2.24) is 4.90 Å². The summed E-state index contributed by atoms with van der Waals surface area (Å²) in [6.45, 7) is 2.06. The van der Waals surface area contributed by atoms with Crippen LogP contribution in [0.1, 0.15) is 30.9 Å². The first-order valence-corrected chi connectivity index (χ1v) is 6.13. The zero-order valence-electron chi connectivity index (χ0n) is 10.6. The second-order valence-electron chi connectivity index (χ2n) is 4.40. The van der Waals surface area contributed by atoms with Gasteiger partial charge in [0.05, 0.1) is 13.2 Å². The van der Waals surface area contributed by atoms with E-state index in [0.29, 0.717) is 0 Å². The fraction of sp³-hybridized carbons (Fsp3) is 0.500. The van der Waals surface area contributed by atoms with E-state index >= 15 is 0 Å². The molecular weight excluding hydrogens is 248 g/mol. The number of methoxy groups -OCH3 is 1. The highest BCUT2D eigenvalue weighted by Crippen LogP contribution is 2.25. The molecule has 1 aromatic rings. The molecule has 1 fully saturated rings.